The van der Waals surface area contributed by atoms with Crippen molar-refractivity contribution in [3.8, 4) is 0 Å². The number of hydrogen-bond acceptors (Lipinski definition) is 2. The standard InChI is InChI=1S/C17H23NO3/c1-17(2,11-16(20)21)10-15(19)18-14-8-7-12-5-3-4-6-13(12)9-14/h3-6,14H,7-11H2,1-2H3,(H,18,19)(H,20,21). The van der Waals surface area contributed by atoms with Gasteiger partial charge in [-0.25, -0.2) is 0 Å². The van der Waals surface area contributed by atoms with E-state index in [1.54, 1.807) is 0 Å². The van der Waals surface area contributed by atoms with E-state index in [0.717, 1.165) is 19.3 Å². The summed E-state index contributed by atoms with van der Waals surface area (Å²) in [4.78, 5) is 22.9. The number of aliphatic carboxylic acids is 1. The van der Waals surface area contributed by atoms with Gasteiger partial charge in [0.15, 0.2) is 0 Å². The molecule has 0 aliphatic heterocycles. The monoisotopic (exact) mass is 289 g/mol. The van der Waals surface area contributed by atoms with Gasteiger partial charge in [0.05, 0.1) is 6.42 Å². The van der Waals surface area contributed by atoms with E-state index in [0.29, 0.717) is 0 Å². The molecule has 2 N–H and O–H groups in total. The van der Waals surface area contributed by atoms with Crippen molar-refractivity contribution in [2.75, 3.05) is 0 Å². The minimum absolute atomic E-state index is 0.00786. The smallest absolute Gasteiger partial charge is 0.303 e. The predicted octanol–water partition coefficient (Wildman–Crippen LogP) is 2.55. The minimum Gasteiger partial charge on any atom is -0.481 e. The first-order valence-electron chi connectivity index (χ1n) is 7.44. The zero-order valence-corrected chi connectivity index (χ0v) is 12.7. The highest BCUT2D eigenvalue weighted by Gasteiger charge is 2.27. The predicted molar refractivity (Wildman–Crippen MR) is 81.0 cm³/mol. The summed E-state index contributed by atoms with van der Waals surface area (Å²) in [6.45, 7) is 3.63. The van der Waals surface area contributed by atoms with Crippen LogP contribution in [0.15, 0.2) is 24.3 Å². The van der Waals surface area contributed by atoms with Crippen LogP contribution in [0.1, 0.15) is 44.2 Å². The molecule has 1 amide bonds. The maximum Gasteiger partial charge on any atom is 0.303 e. The van der Waals surface area contributed by atoms with E-state index in [-0.39, 0.29) is 24.8 Å². The molecule has 0 radical (unpaired) electrons. The van der Waals surface area contributed by atoms with Crippen LogP contribution in [-0.2, 0) is 22.4 Å². The second-order valence-electron chi connectivity index (χ2n) is 6.69. The summed E-state index contributed by atoms with van der Waals surface area (Å²) >= 11 is 0. The third-order valence-electron chi connectivity index (χ3n) is 3.98. The number of carboxylic acid groups (broad SMARTS) is 1. The summed E-state index contributed by atoms with van der Waals surface area (Å²) in [5, 5.41) is 11.9. The molecular formula is C17H23NO3. The van der Waals surface area contributed by atoms with E-state index < -0.39 is 11.4 Å². The average Bonchev–Trinajstić information content (AvgIpc) is 2.36. The molecule has 0 heterocycles. The molecule has 0 fully saturated rings. The van der Waals surface area contributed by atoms with Crippen molar-refractivity contribution in [3.05, 3.63) is 35.4 Å². The molecule has 4 nitrogen and oxygen atoms in total. The number of nitrogens with one attached hydrogen (secondary N) is 1. The number of carbonyl (C=O) groups is 2. The first kappa shape index (κ1) is 15.5. The van der Waals surface area contributed by atoms with E-state index in [4.69, 9.17) is 5.11 Å². The van der Waals surface area contributed by atoms with Crippen molar-refractivity contribution in [1.82, 2.24) is 5.32 Å². The maximum atomic E-state index is 12.1. The lowest BCUT2D eigenvalue weighted by atomic mass is 9.84. The van der Waals surface area contributed by atoms with Gasteiger partial charge in [-0.3, -0.25) is 9.59 Å². The average molecular weight is 289 g/mol. The van der Waals surface area contributed by atoms with Gasteiger partial charge in [-0.05, 0) is 35.8 Å². The largest absolute Gasteiger partial charge is 0.481 e. The van der Waals surface area contributed by atoms with Crippen LogP contribution in [-0.4, -0.2) is 23.0 Å². The van der Waals surface area contributed by atoms with Crippen molar-refractivity contribution in [2.45, 2.75) is 52.0 Å². The van der Waals surface area contributed by atoms with Gasteiger partial charge in [0.2, 0.25) is 5.91 Å². The highest BCUT2D eigenvalue weighted by Crippen LogP contribution is 2.26. The third-order valence-corrected chi connectivity index (χ3v) is 3.98. The number of carbonyl (C=O) groups excluding carboxylic acids is 1. The fraction of sp³-hybridized carbons (Fsp3) is 0.529. The Hall–Kier alpha value is -1.84. The number of aryl methyl sites for hydroxylation is 1. The molecule has 21 heavy (non-hydrogen) atoms. The second-order valence-corrected chi connectivity index (χ2v) is 6.69. The Balaban J connectivity index is 1.88. The lowest BCUT2D eigenvalue weighted by Gasteiger charge is -2.27. The van der Waals surface area contributed by atoms with Crippen LogP contribution in [0.2, 0.25) is 0 Å². The van der Waals surface area contributed by atoms with E-state index >= 15 is 0 Å². The number of hydrogen-bond donors (Lipinski definition) is 2. The Morgan fingerprint density at radius 2 is 1.90 bits per heavy atom. The van der Waals surface area contributed by atoms with Crippen LogP contribution >= 0.6 is 0 Å². The number of amides is 1. The molecule has 114 valence electrons. The quantitative estimate of drug-likeness (QED) is 0.875. The Kier molecular flexibility index (Phi) is 4.66. The lowest BCUT2D eigenvalue weighted by molar-refractivity contribution is -0.139. The number of fused-ring (bicyclic) bond motifs is 1. The van der Waals surface area contributed by atoms with Gasteiger partial charge in [-0.1, -0.05) is 38.1 Å². The van der Waals surface area contributed by atoms with Crippen LogP contribution in [0.4, 0.5) is 0 Å². The lowest BCUT2D eigenvalue weighted by Crippen LogP contribution is -2.40. The van der Waals surface area contributed by atoms with Crippen LogP contribution in [0.25, 0.3) is 0 Å². The first-order chi connectivity index (χ1) is 9.85. The van der Waals surface area contributed by atoms with Gasteiger partial charge in [0.1, 0.15) is 0 Å². The zero-order chi connectivity index (χ0) is 15.5. The molecule has 0 spiro atoms. The summed E-state index contributed by atoms with van der Waals surface area (Å²) in [5.41, 5.74) is 2.16. The molecule has 1 aromatic rings. The fourth-order valence-electron chi connectivity index (χ4n) is 3.01. The molecule has 0 bridgehead atoms. The van der Waals surface area contributed by atoms with Gasteiger partial charge in [0.25, 0.3) is 0 Å². The topological polar surface area (TPSA) is 66.4 Å². The molecule has 0 saturated heterocycles. The molecule has 4 heteroatoms. The number of benzene rings is 1. The fourth-order valence-corrected chi connectivity index (χ4v) is 3.01. The SMILES string of the molecule is CC(C)(CC(=O)O)CC(=O)NC1CCc2ccccc2C1. The van der Waals surface area contributed by atoms with Crippen molar-refractivity contribution in [2.24, 2.45) is 5.41 Å². The Morgan fingerprint density at radius 1 is 1.24 bits per heavy atom. The van der Waals surface area contributed by atoms with Crippen LogP contribution in [0.3, 0.4) is 0 Å². The Morgan fingerprint density at radius 3 is 2.57 bits per heavy atom. The minimum atomic E-state index is -0.862. The van der Waals surface area contributed by atoms with Crippen LogP contribution in [0.5, 0.6) is 0 Å². The van der Waals surface area contributed by atoms with Crippen molar-refractivity contribution in [3.63, 3.8) is 0 Å². The number of rotatable bonds is 5. The zero-order valence-electron chi connectivity index (χ0n) is 12.7. The molecule has 1 aromatic carbocycles. The summed E-state index contributed by atoms with van der Waals surface area (Å²) in [6, 6.07) is 8.49. The Bertz CT molecular complexity index is 537. The highest BCUT2D eigenvalue weighted by molar-refractivity contribution is 5.78. The normalized spacial score (nSPS) is 17.9. The van der Waals surface area contributed by atoms with E-state index in [1.807, 2.05) is 26.0 Å². The summed E-state index contributed by atoms with van der Waals surface area (Å²) in [7, 11) is 0. The number of carboxylic acids is 1. The van der Waals surface area contributed by atoms with E-state index in [9.17, 15) is 9.59 Å². The third kappa shape index (κ3) is 4.59. The van der Waals surface area contributed by atoms with Gasteiger partial charge >= 0.3 is 5.97 Å². The van der Waals surface area contributed by atoms with Crippen LogP contribution in [0, 0.1) is 5.41 Å². The van der Waals surface area contributed by atoms with Crippen molar-refractivity contribution >= 4 is 11.9 Å². The molecular weight excluding hydrogens is 266 g/mol. The van der Waals surface area contributed by atoms with Gasteiger partial charge in [-0.2, -0.15) is 0 Å². The summed E-state index contributed by atoms with van der Waals surface area (Å²) in [6.07, 6.45) is 3.05. The summed E-state index contributed by atoms with van der Waals surface area (Å²) in [5.74, 6) is -0.912. The van der Waals surface area contributed by atoms with Gasteiger partial charge < -0.3 is 10.4 Å². The molecule has 1 aliphatic carbocycles. The van der Waals surface area contributed by atoms with E-state index in [2.05, 4.69) is 17.4 Å². The van der Waals surface area contributed by atoms with E-state index in [1.165, 1.54) is 11.1 Å². The molecule has 1 aliphatic rings. The van der Waals surface area contributed by atoms with Crippen LogP contribution < -0.4 is 5.32 Å². The maximum absolute atomic E-state index is 12.1. The molecule has 0 saturated carbocycles. The molecule has 2 rings (SSSR count). The molecule has 1 atom stereocenters. The summed E-state index contributed by atoms with van der Waals surface area (Å²) < 4.78 is 0. The Labute approximate surface area is 125 Å². The second kappa shape index (κ2) is 6.29. The first-order valence-corrected chi connectivity index (χ1v) is 7.44. The molecule has 1 unspecified atom stereocenters. The van der Waals surface area contributed by atoms with Gasteiger partial charge in [0, 0.05) is 12.5 Å². The van der Waals surface area contributed by atoms with Gasteiger partial charge in [-0.15, -0.1) is 0 Å². The van der Waals surface area contributed by atoms with Crippen molar-refractivity contribution in [1.29, 1.82) is 0 Å². The highest BCUT2D eigenvalue weighted by atomic mass is 16.4. The molecule has 0 aromatic heterocycles. The van der Waals surface area contributed by atoms with Crippen molar-refractivity contribution < 1.29 is 14.7 Å².